The standard InChI is InChI=1S/C22H32N2O5S/c1-28-20-11-9-18(17-21(20)30(26,27)24-13-15-29-16-14-24)10-12-22(25)23-19-7-5-3-2-4-6-8-19/h9-12,17,19H,2-8,13-16H2,1H3,(H,23,25). The highest BCUT2D eigenvalue weighted by molar-refractivity contribution is 7.89. The lowest BCUT2D eigenvalue weighted by Crippen LogP contribution is -2.40. The van der Waals surface area contributed by atoms with Gasteiger partial charge in [0.2, 0.25) is 15.9 Å². The summed E-state index contributed by atoms with van der Waals surface area (Å²) < 4.78 is 38.1. The number of ether oxygens (including phenoxy) is 2. The molecular weight excluding hydrogens is 404 g/mol. The molecule has 0 bridgehead atoms. The second-order valence-corrected chi connectivity index (χ2v) is 9.72. The monoisotopic (exact) mass is 436 g/mol. The molecule has 166 valence electrons. The molecule has 1 aliphatic heterocycles. The first-order valence-electron chi connectivity index (χ1n) is 10.8. The largest absolute Gasteiger partial charge is 0.495 e. The van der Waals surface area contributed by atoms with E-state index in [0.717, 1.165) is 25.7 Å². The number of hydrogen-bond donors (Lipinski definition) is 1. The number of hydrogen-bond acceptors (Lipinski definition) is 5. The quantitative estimate of drug-likeness (QED) is 0.693. The second-order valence-electron chi connectivity index (χ2n) is 7.81. The Morgan fingerprint density at radius 3 is 2.47 bits per heavy atom. The summed E-state index contributed by atoms with van der Waals surface area (Å²) in [6, 6.07) is 5.15. The Morgan fingerprint density at radius 2 is 1.80 bits per heavy atom. The Balaban J connectivity index is 1.71. The fourth-order valence-electron chi connectivity index (χ4n) is 3.95. The van der Waals surface area contributed by atoms with Gasteiger partial charge in [-0.3, -0.25) is 4.79 Å². The minimum Gasteiger partial charge on any atom is -0.495 e. The lowest BCUT2D eigenvalue weighted by Gasteiger charge is -2.26. The summed E-state index contributed by atoms with van der Waals surface area (Å²) in [5.74, 6) is 0.145. The van der Waals surface area contributed by atoms with E-state index >= 15 is 0 Å². The molecule has 7 nitrogen and oxygen atoms in total. The summed E-state index contributed by atoms with van der Waals surface area (Å²) in [5.41, 5.74) is 0.635. The van der Waals surface area contributed by atoms with Crippen LogP contribution in [0.15, 0.2) is 29.2 Å². The Kier molecular flexibility index (Phi) is 8.30. The smallest absolute Gasteiger partial charge is 0.246 e. The first-order chi connectivity index (χ1) is 14.5. The topological polar surface area (TPSA) is 84.9 Å². The van der Waals surface area contributed by atoms with E-state index in [-0.39, 0.29) is 22.6 Å². The molecule has 2 fully saturated rings. The molecule has 0 aromatic heterocycles. The third-order valence-corrected chi connectivity index (χ3v) is 7.57. The van der Waals surface area contributed by atoms with Crippen molar-refractivity contribution in [1.29, 1.82) is 0 Å². The summed E-state index contributed by atoms with van der Waals surface area (Å²) >= 11 is 0. The van der Waals surface area contributed by atoms with Crippen LogP contribution in [0.5, 0.6) is 5.75 Å². The summed E-state index contributed by atoms with van der Waals surface area (Å²) in [5, 5.41) is 3.09. The van der Waals surface area contributed by atoms with E-state index in [1.165, 1.54) is 36.8 Å². The van der Waals surface area contributed by atoms with E-state index in [2.05, 4.69) is 5.32 Å². The number of sulfonamides is 1. The number of benzene rings is 1. The fraction of sp³-hybridized carbons (Fsp3) is 0.591. The summed E-state index contributed by atoms with van der Waals surface area (Å²) in [6.07, 6.45) is 11.2. The molecule has 1 N–H and O–H groups in total. The van der Waals surface area contributed by atoms with E-state index in [4.69, 9.17) is 9.47 Å². The molecule has 0 spiro atoms. The van der Waals surface area contributed by atoms with Crippen molar-refractivity contribution in [2.24, 2.45) is 0 Å². The fourth-order valence-corrected chi connectivity index (χ4v) is 5.54. The van der Waals surface area contributed by atoms with Crippen LogP contribution < -0.4 is 10.1 Å². The first kappa shape index (κ1) is 22.8. The van der Waals surface area contributed by atoms with Crippen molar-refractivity contribution in [2.75, 3.05) is 33.4 Å². The Morgan fingerprint density at radius 1 is 1.13 bits per heavy atom. The van der Waals surface area contributed by atoms with Crippen molar-refractivity contribution in [1.82, 2.24) is 9.62 Å². The van der Waals surface area contributed by atoms with Crippen LogP contribution in [0.3, 0.4) is 0 Å². The average molecular weight is 437 g/mol. The van der Waals surface area contributed by atoms with Gasteiger partial charge < -0.3 is 14.8 Å². The number of rotatable bonds is 6. The molecule has 0 radical (unpaired) electrons. The van der Waals surface area contributed by atoms with E-state index < -0.39 is 10.0 Å². The highest BCUT2D eigenvalue weighted by Gasteiger charge is 2.29. The highest BCUT2D eigenvalue weighted by Crippen LogP contribution is 2.29. The minimum atomic E-state index is -3.70. The predicted octanol–water partition coefficient (Wildman–Crippen LogP) is 2.96. The van der Waals surface area contributed by atoms with Crippen LogP contribution in [0.1, 0.15) is 50.5 Å². The Labute approximate surface area is 179 Å². The van der Waals surface area contributed by atoms with Crippen LogP contribution in [0, 0.1) is 0 Å². The van der Waals surface area contributed by atoms with Crippen LogP contribution in [-0.2, 0) is 19.6 Å². The van der Waals surface area contributed by atoms with Gasteiger partial charge >= 0.3 is 0 Å². The summed E-state index contributed by atoms with van der Waals surface area (Å²) in [7, 11) is -2.25. The molecule has 0 unspecified atom stereocenters. The zero-order valence-electron chi connectivity index (χ0n) is 17.6. The SMILES string of the molecule is COc1ccc(C=CC(=O)NC2CCCCCCC2)cc1S(=O)(=O)N1CCOCC1. The van der Waals surface area contributed by atoms with Crippen LogP contribution in [0.25, 0.3) is 6.08 Å². The Hall–Kier alpha value is -1.90. The van der Waals surface area contributed by atoms with Crippen LogP contribution in [0.2, 0.25) is 0 Å². The maximum Gasteiger partial charge on any atom is 0.246 e. The summed E-state index contributed by atoms with van der Waals surface area (Å²) in [6.45, 7) is 1.38. The number of methoxy groups -OCH3 is 1. The highest BCUT2D eigenvalue weighted by atomic mass is 32.2. The first-order valence-corrected chi connectivity index (χ1v) is 12.2. The normalized spacial score (nSPS) is 19.9. The second kappa shape index (κ2) is 10.9. The van der Waals surface area contributed by atoms with Crippen molar-refractivity contribution in [2.45, 2.75) is 55.9 Å². The van der Waals surface area contributed by atoms with Crippen LogP contribution in [-0.4, -0.2) is 58.1 Å². The maximum atomic E-state index is 13.1. The van der Waals surface area contributed by atoms with Gasteiger partial charge in [-0.25, -0.2) is 8.42 Å². The van der Waals surface area contributed by atoms with Crippen LogP contribution >= 0.6 is 0 Å². The van der Waals surface area contributed by atoms with Crippen molar-refractivity contribution in [3.63, 3.8) is 0 Å². The van der Waals surface area contributed by atoms with Gasteiger partial charge in [0, 0.05) is 25.2 Å². The molecular formula is C22H32N2O5S. The number of carbonyl (C=O) groups excluding carboxylic acids is 1. The van der Waals surface area contributed by atoms with Crippen molar-refractivity contribution < 1.29 is 22.7 Å². The van der Waals surface area contributed by atoms with E-state index in [1.54, 1.807) is 24.3 Å². The van der Waals surface area contributed by atoms with Gasteiger partial charge in [-0.1, -0.05) is 38.2 Å². The van der Waals surface area contributed by atoms with E-state index in [1.807, 2.05) is 0 Å². The molecule has 1 saturated heterocycles. The molecule has 8 heteroatoms. The van der Waals surface area contributed by atoms with Gasteiger partial charge in [-0.05, 0) is 36.6 Å². The molecule has 1 saturated carbocycles. The van der Waals surface area contributed by atoms with Gasteiger partial charge in [0.1, 0.15) is 10.6 Å². The zero-order chi connectivity index (χ0) is 21.4. The van der Waals surface area contributed by atoms with E-state index in [0.29, 0.717) is 31.9 Å². The molecule has 1 aliphatic carbocycles. The molecule has 1 aromatic rings. The number of carbonyl (C=O) groups is 1. The lowest BCUT2D eigenvalue weighted by atomic mass is 9.97. The van der Waals surface area contributed by atoms with Crippen LogP contribution in [0.4, 0.5) is 0 Å². The predicted molar refractivity (Wildman–Crippen MR) is 116 cm³/mol. The van der Waals surface area contributed by atoms with Gasteiger partial charge in [0.05, 0.1) is 20.3 Å². The number of morpholine rings is 1. The molecule has 0 atom stereocenters. The number of nitrogens with one attached hydrogen (secondary N) is 1. The third-order valence-electron chi connectivity index (χ3n) is 5.65. The van der Waals surface area contributed by atoms with Gasteiger partial charge in [-0.15, -0.1) is 0 Å². The molecule has 2 aliphatic rings. The molecule has 1 aromatic carbocycles. The number of nitrogens with zero attached hydrogens (tertiary/aromatic N) is 1. The minimum absolute atomic E-state index is 0.106. The van der Waals surface area contributed by atoms with Gasteiger partial charge in [0.15, 0.2) is 0 Å². The van der Waals surface area contributed by atoms with Crippen molar-refractivity contribution >= 4 is 22.0 Å². The molecule has 1 heterocycles. The lowest BCUT2D eigenvalue weighted by molar-refractivity contribution is -0.117. The maximum absolute atomic E-state index is 13.1. The summed E-state index contributed by atoms with van der Waals surface area (Å²) in [4.78, 5) is 12.5. The van der Waals surface area contributed by atoms with Gasteiger partial charge in [-0.2, -0.15) is 4.31 Å². The van der Waals surface area contributed by atoms with Crippen molar-refractivity contribution in [3.8, 4) is 5.75 Å². The van der Waals surface area contributed by atoms with Crippen molar-refractivity contribution in [3.05, 3.63) is 29.8 Å². The zero-order valence-corrected chi connectivity index (χ0v) is 18.5. The van der Waals surface area contributed by atoms with Gasteiger partial charge in [0.25, 0.3) is 0 Å². The third kappa shape index (κ3) is 6.06. The molecule has 30 heavy (non-hydrogen) atoms. The van der Waals surface area contributed by atoms with E-state index in [9.17, 15) is 13.2 Å². The molecule has 3 rings (SSSR count). The number of amides is 1. The molecule has 1 amide bonds. The average Bonchev–Trinajstić information content (AvgIpc) is 2.74. The Bertz CT molecular complexity index is 839.